The molecule has 130 valence electrons. The Balaban J connectivity index is 1.90. The summed E-state index contributed by atoms with van der Waals surface area (Å²) in [5.41, 5.74) is 3.51. The summed E-state index contributed by atoms with van der Waals surface area (Å²) in [6, 6.07) is 11.1. The number of carbonyl (C=O) groups is 2. The fourth-order valence-corrected chi connectivity index (χ4v) is 3.05. The lowest BCUT2D eigenvalue weighted by Gasteiger charge is -2.28. The summed E-state index contributed by atoms with van der Waals surface area (Å²) >= 11 is 0. The van der Waals surface area contributed by atoms with E-state index in [0.29, 0.717) is 25.2 Å². The summed E-state index contributed by atoms with van der Waals surface area (Å²) in [5, 5.41) is 2.92. The molecule has 1 unspecified atom stereocenters. The molecule has 1 fully saturated rings. The van der Waals surface area contributed by atoms with Gasteiger partial charge >= 0.3 is 0 Å². The molecule has 0 radical (unpaired) electrons. The highest BCUT2D eigenvalue weighted by Crippen LogP contribution is 2.16. The van der Waals surface area contributed by atoms with E-state index in [0.717, 1.165) is 23.1 Å². The van der Waals surface area contributed by atoms with Crippen molar-refractivity contribution in [3.8, 4) is 0 Å². The van der Waals surface area contributed by atoms with Crippen molar-refractivity contribution in [3.63, 3.8) is 0 Å². The molecule has 0 spiro atoms. The van der Waals surface area contributed by atoms with Crippen molar-refractivity contribution < 1.29 is 9.59 Å². The molecule has 2 heterocycles. The van der Waals surface area contributed by atoms with Crippen molar-refractivity contribution >= 4 is 11.8 Å². The van der Waals surface area contributed by atoms with Crippen LogP contribution in [0.25, 0.3) is 0 Å². The fraction of sp³-hybridized carbons (Fsp3) is 0.350. The monoisotopic (exact) mass is 337 g/mol. The van der Waals surface area contributed by atoms with Crippen molar-refractivity contribution in [1.82, 2.24) is 15.2 Å². The standard InChI is InChI=1S/C20H23N3O2/c1-14-11-17(22-13-15(14)2)20(25)23-10-6-9-21-19(24)18(23)12-16-7-4-3-5-8-16/h3-5,7-8,11,13,18H,6,9-10,12H2,1-2H3,(H,21,24). The van der Waals surface area contributed by atoms with E-state index in [1.54, 1.807) is 17.2 Å². The lowest BCUT2D eigenvalue weighted by molar-refractivity contribution is -0.124. The quantitative estimate of drug-likeness (QED) is 0.934. The van der Waals surface area contributed by atoms with Gasteiger partial charge in [-0.05, 0) is 43.0 Å². The normalized spacial score (nSPS) is 17.8. The third-order valence-corrected chi connectivity index (χ3v) is 4.68. The first-order valence-electron chi connectivity index (χ1n) is 8.62. The van der Waals surface area contributed by atoms with E-state index in [1.165, 1.54) is 0 Å². The first-order valence-corrected chi connectivity index (χ1v) is 8.62. The molecule has 1 N–H and O–H groups in total. The van der Waals surface area contributed by atoms with Crippen LogP contribution in [0.15, 0.2) is 42.6 Å². The molecule has 1 aliphatic rings. The molecule has 5 nitrogen and oxygen atoms in total. The number of amides is 2. The summed E-state index contributed by atoms with van der Waals surface area (Å²) < 4.78 is 0. The Labute approximate surface area is 148 Å². The fourth-order valence-electron chi connectivity index (χ4n) is 3.05. The van der Waals surface area contributed by atoms with Crippen LogP contribution in [-0.4, -0.2) is 40.8 Å². The van der Waals surface area contributed by atoms with Gasteiger partial charge in [0, 0.05) is 25.7 Å². The van der Waals surface area contributed by atoms with Gasteiger partial charge in [0.25, 0.3) is 5.91 Å². The van der Waals surface area contributed by atoms with Crippen molar-refractivity contribution in [3.05, 3.63) is 65.0 Å². The van der Waals surface area contributed by atoms with Gasteiger partial charge in [-0.1, -0.05) is 30.3 Å². The highest BCUT2D eigenvalue weighted by atomic mass is 16.2. The highest BCUT2D eigenvalue weighted by Gasteiger charge is 2.32. The van der Waals surface area contributed by atoms with E-state index in [9.17, 15) is 9.59 Å². The lowest BCUT2D eigenvalue weighted by atomic mass is 10.0. The molecule has 2 amide bonds. The van der Waals surface area contributed by atoms with Gasteiger partial charge in [0.05, 0.1) is 0 Å². The minimum Gasteiger partial charge on any atom is -0.354 e. The maximum atomic E-state index is 13.0. The minimum atomic E-state index is -0.513. The maximum Gasteiger partial charge on any atom is 0.273 e. The zero-order valence-electron chi connectivity index (χ0n) is 14.7. The molecule has 0 bridgehead atoms. The number of pyridine rings is 1. The molecule has 25 heavy (non-hydrogen) atoms. The molecule has 1 aromatic carbocycles. The average molecular weight is 337 g/mol. The lowest BCUT2D eigenvalue weighted by Crippen LogP contribution is -2.48. The third kappa shape index (κ3) is 3.87. The largest absolute Gasteiger partial charge is 0.354 e. The molecular weight excluding hydrogens is 314 g/mol. The van der Waals surface area contributed by atoms with Crippen LogP contribution in [0.3, 0.4) is 0 Å². The van der Waals surface area contributed by atoms with Gasteiger partial charge in [0.15, 0.2) is 0 Å². The Morgan fingerprint density at radius 1 is 1.24 bits per heavy atom. The molecule has 0 saturated carbocycles. The zero-order valence-corrected chi connectivity index (χ0v) is 14.7. The number of aromatic nitrogens is 1. The second-order valence-corrected chi connectivity index (χ2v) is 6.50. The molecule has 1 atom stereocenters. The Morgan fingerprint density at radius 2 is 2.00 bits per heavy atom. The Kier molecular flexibility index (Phi) is 5.12. The Bertz CT molecular complexity index is 774. The maximum absolute atomic E-state index is 13.0. The van der Waals surface area contributed by atoms with E-state index in [2.05, 4.69) is 10.3 Å². The zero-order chi connectivity index (χ0) is 17.8. The Hall–Kier alpha value is -2.69. The van der Waals surface area contributed by atoms with Crippen LogP contribution in [-0.2, 0) is 11.2 Å². The van der Waals surface area contributed by atoms with E-state index < -0.39 is 6.04 Å². The molecule has 2 aromatic rings. The Morgan fingerprint density at radius 3 is 2.72 bits per heavy atom. The molecule has 3 rings (SSSR count). The van der Waals surface area contributed by atoms with Gasteiger partial charge in [-0.2, -0.15) is 0 Å². The van der Waals surface area contributed by atoms with Crippen LogP contribution in [0.5, 0.6) is 0 Å². The first kappa shape index (κ1) is 17.1. The van der Waals surface area contributed by atoms with Crippen molar-refractivity contribution in [1.29, 1.82) is 0 Å². The van der Waals surface area contributed by atoms with Crippen LogP contribution in [0, 0.1) is 13.8 Å². The van der Waals surface area contributed by atoms with Crippen molar-refractivity contribution in [2.24, 2.45) is 0 Å². The van der Waals surface area contributed by atoms with Gasteiger partial charge in [0.2, 0.25) is 5.91 Å². The van der Waals surface area contributed by atoms with Gasteiger partial charge in [-0.15, -0.1) is 0 Å². The smallest absolute Gasteiger partial charge is 0.273 e. The molecule has 5 heteroatoms. The number of aryl methyl sites for hydroxylation is 2. The second-order valence-electron chi connectivity index (χ2n) is 6.50. The van der Waals surface area contributed by atoms with E-state index in [-0.39, 0.29) is 11.8 Å². The van der Waals surface area contributed by atoms with Crippen LogP contribution in [0.2, 0.25) is 0 Å². The van der Waals surface area contributed by atoms with Crippen molar-refractivity contribution in [2.45, 2.75) is 32.7 Å². The molecule has 1 saturated heterocycles. The van der Waals surface area contributed by atoms with E-state index >= 15 is 0 Å². The number of nitrogens with one attached hydrogen (secondary N) is 1. The molecule has 1 aromatic heterocycles. The van der Waals surface area contributed by atoms with Crippen LogP contribution < -0.4 is 5.32 Å². The number of hydrogen-bond donors (Lipinski definition) is 1. The van der Waals surface area contributed by atoms with Crippen LogP contribution in [0.4, 0.5) is 0 Å². The topological polar surface area (TPSA) is 62.3 Å². The summed E-state index contributed by atoms with van der Waals surface area (Å²) in [5.74, 6) is -0.278. The summed E-state index contributed by atoms with van der Waals surface area (Å²) in [6.45, 7) is 5.07. The number of rotatable bonds is 3. The van der Waals surface area contributed by atoms with Gasteiger partial charge in [-0.3, -0.25) is 14.6 Å². The highest BCUT2D eigenvalue weighted by molar-refractivity contribution is 5.96. The van der Waals surface area contributed by atoms with E-state index in [4.69, 9.17) is 0 Å². The predicted octanol–water partition coefficient (Wildman–Crippen LogP) is 2.27. The molecular formula is C20H23N3O2. The first-order chi connectivity index (χ1) is 12.1. The molecule has 1 aliphatic heterocycles. The van der Waals surface area contributed by atoms with E-state index in [1.807, 2.05) is 44.2 Å². The SMILES string of the molecule is Cc1cnc(C(=O)N2CCCNC(=O)C2Cc2ccccc2)cc1C. The second kappa shape index (κ2) is 7.47. The predicted molar refractivity (Wildman–Crippen MR) is 96.3 cm³/mol. The summed E-state index contributed by atoms with van der Waals surface area (Å²) in [6.07, 6.45) is 2.96. The summed E-state index contributed by atoms with van der Waals surface area (Å²) in [4.78, 5) is 31.6. The van der Waals surface area contributed by atoms with Gasteiger partial charge < -0.3 is 10.2 Å². The number of carbonyl (C=O) groups excluding carboxylic acids is 2. The average Bonchev–Trinajstić information content (AvgIpc) is 2.80. The number of hydrogen-bond acceptors (Lipinski definition) is 3. The third-order valence-electron chi connectivity index (χ3n) is 4.68. The number of nitrogens with zero attached hydrogens (tertiary/aromatic N) is 2. The van der Waals surface area contributed by atoms with Crippen LogP contribution >= 0.6 is 0 Å². The number of benzene rings is 1. The minimum absolute atomic E-state index is 0.0986. The summed E-state index contributed by atoms with van der Waals surface area (Å²) in [7, 11) is 0. The van der Waals surface area contributed by atoms with Gasteiger partial charge in [0.1, 0.15) is 11.7 Å². The van der Waals surface area contributed by atoms with Crippen molar-refractivity contribution in [2.75, 3.05) is 13.1 Å². The van der Waals surface area contributed by atoms with Crippen LogP contribution in [0.1, 0.15) is 33.6 Å². The van der Waals surface area contributed by atoms with Gasteiger partial charge in [-0.25, -0.2) is 0 Å². The molecule has 0 aliphatic carbocycles.